The van der Waals surface area contributed by atoms with Crippen molar-refractivity contribution in [1.29, 1.82) is 0 Å². The summed E-state index contributed by atoms with van der Waals surface area (Å²) in [7, 11) is 0. The fraction of sp³-hybridized carbons (Fsp3) is 0. The third kappa shape index (κ3) is 1.61. The predicted octanol–water partition coefficient (Wildman–Crippen LogP) is 2.70. The number of hydrogen-bond donors (Lipinski definition) is 2. The first-order valence-corrected chi connectivity index (χ1v) is 5.03. The molecule has 0 amide bonds. The lowest BCUT2D eigenvalue weighted by Crippen LogP contribution is -1.92. The summed E-state index contributed by atoms with van der Waals surface area (Å²) in [4.78, 5) is 11.4. The number of anilines is 2. The smallest absolute Gasteiger partial charge is 0.204 e. The Morgan fingerprint density at radius 1 is 1.06 bits per heavy atom. The van der Waals surface area contributed by atoms with Crippen molar-refractivity contribution in [2.45, 2.75) is 0 Å². The zero-order valence-corrected chi connectivity index (χ0v) is 8.51. The number of imidazole rings is 1. The van der Waals surface area contributed by atoms with E-state index < -0.39 is 0 Å². The second-order valence-corrected chi connectivity index (χ2v) is 3.47. The first kappa shape index (κ1) is 8.91. The highest BCUT2D eigenvalue weighted by atomic mass is 15.1. The Bertz CT molecular complexity index is 601. The summed E-state index contributed by atoms with van der Waals surface area (Å²) in [5.41, 5.74) is 1.99. The molecule has 0 radical (unpaired) electrons. The lowest BCUT2D eigenvalue weighted by atomic mass is 10.2. The maximum Gasteiger partial charge on any atom is 0.204 e. The van der Waals surface area contributed by atoms with Crippen LogP contribution in [0.5, 0.6) is 0 Å². The van der Waals surface area contributed by atoms with Crippen molar-refractivity contribution in [3.8, 4) is 0 Å². The minimum atomic E-state index is 0.739. The molecular formula is C12H10N4. The van der Waals surface area contributed by atoms with Gasteiger partial charge in [0.15, 0.2) is 0 Å². The normalized spacial score (nSPS) is 10.5. The number of hydrogen-bond acceptors (Lipinski definition) is 3. The Hall–Kier alpha value is -2.36. The monoisotopic (exact) mass is 210 g/mol. The number of nitrogens with one attached hydrogen (secondary N) is 2. The molecule has 0 bridgehead atoms. The van der Waals surface area contributed by atoms with E-state index >= 15 is 0 Å². The fourth-order valence-electron chi connectivity index (χ4n) is 1.62. The van der Waals surface area contributed by atoms with E-state index in [1.165, 1.54) is 0 Å². The number of H-pyrrole nitrogens is 1. The fourth-order valence-corrected chi connectivity index (χ4v) is 1.62. The quantitative estimate of drug-likeness (QED) is 0.683. The summed E-state index contributed by atoms with van der Waals surface area (Å²) in [5.74, 6) is 0.739. The molecular weight excluding hydrogens is 200 g/mol. The number of nitrogens with zero attached hydrogens (tertiary/aromatic N) is 2. The van der Waals surface area contributed by atoms with E-state index in [2.05, 4.69) is 20.3 Å². The first-order chi connectivity index (χ1) is 7.92. The minimum Gasteiger partial charge on any atom is -0.331 e. The molecule has 0 saturated carbocycles. The van der Waals surface area contributed by atoms with Crippen molar-refractivity contribution in [3.05, 3.63) is 48.9 Å². The van der Waals surface area contributed by atoms with E-state index in [9.17, 15) is 0 Å². The maximum absolute atomic E-state index is 4.27. The van der Waals surface area contributed by atoms with Crippen molar-refractivity contribution in [2.75, 3.05) is 5.32 Å². The van der Waals surface area contributed by atoms with Crippen LogP contribution in [0.4, 0.5) is 11.6 Å². The molecule has 0 spiro atoms. The molecule has 3 rings (SSSR count). The van der Waals surface area contributed by atoms with Gasteiger partial charge in [0.05, 0.1) is 5.52 Å². The van der Waals surface area contributed by atoms with Gasteiger partial charge in [-0.25, -0.2) is 4.98 Å². The van der Waals surface area contributed by atoms with Crippen molar-refractivity contribution >= 4 is 22.5 Å². The molecule has 2 heterocycles. The van der Waals surface area contributed by atoms with Crippen molar-refractivity contribution in [2.24, 2.45) is 0 Å². The maximum atomic E-state index is 4.27. The van der Waals surface area contributed by atoms with Gasteiger partial charge in [0.1, 0.15) is 0 Å². The van der Waals surface area contributed by atoms with Crippen LogP contribution in [0.15, 0.2) is 48.9 Å². The topological polar surface area (TPSA) is 53.6 Å². The highest BCUT2D eigenvalue weighted by Crippen LogP contribution is 2.18. The van der Waals surface area contributed by atoms with Crippen molar-refractivity contribution in [3.63, 3.8) is 0 Å². The van der Waals surface area contributed by atoms with E-state index in [1.54, 1.807) is 18.6 Å². The van der Waals surface area contributed by atoms with Gasteiger partial charge >= 0.3 is 0 Å². The molecule has 4 nitrogen and oxygen atoms in total. The molecule has 0 atom stereocenters. The Labute approximate surface area is 92.4 Å². The first-order valence-electron chi connectivity index (χ1n) is 5.03. The number of aromatic amines is 1. The molecule has 2 aromatic heterocycles. The molecule has 0 fully saturated rings. The van der Waals surface area contributed by atoms with Crippen LogP contribution in [0, 0.1) is 0 Å². The van der Waals surface area contributed by atoms with Crippen LogP contribution >= 0.6 is 0 Å². The highest BCUT2D eigenvalue weighted by Gasteiger charge is 1.98. The number of rotatable bonds is 2. The van der Waals surface area contributed by atoms with Gasteiger partial charge in [-0.15, -0.1) is 0 Å². The van der Waals surface area contributed by atoms with Gasteiger partial charge in [-0.05, 0) is 24.3 Å². The van der Waals surface area contributed by atoms with Gasteiger partial charge in [-0.2, -0.15) is 0 Å². The summed E-state index contributed by atoms with van der Waals surface area (Å²) < 4.78 is 0. The largest absolute Gasteiger partial charge is 0.331 e. The summed E-state index contributed by atoms with van der Waals surface area (Å²) >= 11 is 0. The molecule has 0 aliphatic carbocycles. The van der Waals surface area contributed by atoms with Crippen molar-refractivity contribution < 1.29 is 0 Å². The molecule has 0 unspecified atom stereocenters. The molecule has 4 heteroatoms. The SMILES string of the molecule is c1cnc2ccc(Nc3ncc[nH]3)cc2c1. The third-order valence-electron chi connectivity index (χ3n) is 2.36. The van der Waals surface area contributed by atoms with Gasteiger partial charge in [0.2, 0.25) is 5.95 Å². The van der Waals surface area contributed by atoms with E-state index in [-0.39, 0.29) is 0 Å². The van der Waals surface area contributed by atoms with Gasteiger partial charge < -0.3 is 10.3 Å². The minimum absolute atomic E-state index is 0.739. The Morgan fingerprint density at radius 2 is 2.06 bits per heavy atom. The average Bonchev–Trinajstić information content (AvgIpc) is 2.82. The van der Waals surface area contributed by atoms with Crippen LogP contribution in [0.25, 0.3) is 10.9 Å². The molecule has 0 aliphatic heterocycles. The van der Waals surface area contributed by atoms with Gasteiger partial charge in [-0.1, -0.05) is 6.07 Å². The molecule has 1 aromatic carbocycles. The number of aromatic nitrogens is 3. The Balaban J connectivity index is 1.99. The summed E-state index contributed by atoms with van der Waals surface area (Å²) in [6.45, 7) is 0. The predicted molar refractivity (Wildman–Crippen MR) is 63.6 cm³/mol. The highest BCUT2D eigenvalue weighted by molar-refractivity contribution is 5.82. The second-order valence-electron chi connectivity index (χ2n) is 3.47. The summed E-state index contributed by atoms with van der Waals surface area (Å²) in [6.07, 6.45) is 5.29. The number of fused-ring (bicyclic) bond motifs is 1. The average molecular weight is 210 g/mol. The third-order valence-corrected chi connectivity index (χ3v) is 2.36. The molecule has 2 N–H and O–H groups in total. The second kappa shape index (κ2) is 3.66. The summed E-state index contributed by atoms with van der Waals surface area (Å²) in [5, 5.41) is 4.29. The van der Waals surface area contributed by atoms with Crippen LogP contribution in [-0.2, 0) is 0 Å². The van der Waals surface area contributed by atoms with Gasteiger partial charge in [-0.3, -0.25) is 4.98 Å². The molecule has 78 valence electrons. The number of pyridine rings is 1. The zero-order chi connectivity index (χ0) is 10.8. The lowest BCUT2D eigenvalue weighted by molar-refractivity contribution is 1.29. The number of benzene rings is 1. The molecule has 3 aromatic rings. The Kier molecular flexibility index (Phi) is 2.04. The van der Waals surface area contributed by atoms with E-state index in [0.29, 0.717) is 0 Å². The van der Waals surface area contributed by atoms with E-state index in [4.69, 9.17) is 0 Å². The van der Waals surface area contributed by atoms with E-state index in [0.717, 1.165) is 22.5 Å². The Morgan fingerprint density at radius 3 is 2.94 bits per heavy atom. The molecule has 0 saturated heterocycles. The van der Waals surface area contributed by atoms with Crippen LogP contribution in [0.2, 0.25) is 0 Å². The van der Waals surface area contributed by atoms with Crippen molar-refractivity contribution in [1.82, 2.24) is 15.0 Å². The standard InChI is InChI=1S/C12H10N4/c1-2-9-8-10(3-4-11(9)13-5-1)16-12-14-6-7-15-12/h1-8H,(H2,14,15,16). The van der Waals surface area contributed by atoms with Crippen LogP contribution < -0.4 is 5.32 Å². The van der Waals surface area contributed by atoms with Crippen LogP contribution in [0.3, 0.4) is 0 Å². The van der Waals surface area contributed by atoms with Crippen LogP contribution in [-0.4, -0.2) is 15.0 Å². The van der Waals surface area contributed by atoms with E-state index in [1.807, 2.05) is 30.3 Å². The van der Waals surface area contributed by atoms with Gasteiger partial charge in [0.25, 0.3) is 0 Å². The summed E-state index contributed by atoms with van der Waals surface area (Å²) in [6, 6.07) is 9.98. The van der Waals surface area contributed by atoms with Gasteiger partial charge in [0, 0.05) is 29.7 Å². The lowest BCUT2D eigenvalue weighted by Gasteiger charge is -2.03. The van der Waals surface area contributed by atoms with Crippen LogP contribution in [0.1, 0.15) is 0 Å². The molecule has 0 aliphatic rings. The zero-order valence-electron chi connectivity index (χ0n) is 8.51. The molecule has 16 heavy (non-hydrogen) atoms.